The van der Waals surface area contributed by atoms with Crippen molar-refractivity contribution in [2.45, 2.75) is 44.2 Å². The first-order chi connectivity index (χ1) is 22.1. The van der Waals surface area contributed by atoms with Gasteiger partial charge >= 0.3 is 0 Å². The minimum atomic E-state index is -0.569. The van der Waals surface area contributed by atoms with Gasteiger partial charge in [0.25, 0.3) is 5.91 Å². The molecular formula is C39H35ClN2O3. The second-order valence-electron chi connectivity index (χ2n) is 11.7. The van der Waals surface area contributed by atoms with E-state index in [1.165, 1.54) is 6.42 Å². The number of nitrogens with zero attached hydrogens (tertiary/aromatic N) is 2. The van der Waals surface area contributed by atoms with E-state index in [1.54, 1.807) is 0 Å². The Hall–Kier alpha value is -4.29. The van der Waals surface area contributed by atoms with E-state index in [0.29, 0.717) is 11.4 Å². The number of piperidine rings is 1. The molecule has 0 spiro atoms. The zero-order valence-electron chi connectivity index (χ0n) is 25.0. The predicted octanol–water partition coefficient (Wildman–Crippen LogP) is 9.60. The van der Waals surface area contributed by atoms with Gasteiger partial charge in [-0.05, 0) is 72.4 Å². The maximum absolute atomic E-state index is 13.7. The Morgan fingerprint density at radius 1 is 0.756 bits per heavy atom. The summed E-state index contributed by atoms with van der Waals surface area (Å²) in [6, 6.07) is 36.2. The first-order valence-corrected chi connectivity index (χ1v) is 16.1. The fraction of sp³-hybridized carbons (Fsp3) is 0.231. The number of fused-ring (bicyclic) bond motifs is 1. The van der Waals surface area contributed by atoms with Crippen LogP contribution in [-0.4, -0.2) is 28.9 Å². The number of aromatic nitrogens is 1. The molecule has 5 nitrogen and oxygen atoms in total. The van der Waals surface area contributed by atoms with E-state index in [9.17, 15) is 4.79 Å². The molecule has 3 heterocycles. The Kier molecular flexibility index (Phi) is 8.74. The third kappa shape index (κ3) is 6.71. The summed E-state index contributed by atoms with van der Waals surface area (Å²) in [7, 11) is 0. The summed E-state index contributed by atoms with van der Waals surface area (Å²) in [6.07, 6.45) is 6.84. The van der Waals surface area contributed by atoms with Crippen LogP contribution in [0, 0.1) is 0 Å². The van der Waals surface area contributed by atoms with E-state index in [1.807, 2.05) is 89.8 Å². The third-order valence-electron chi connectivity index (χ3n) is 8.66. The molecule has 0 saturated carbocycles. The monoisotopic (exact) mass is 614 g/mol. The van der Waals surface area contributed by atoms with Gasteiger partial charge in [0, 0.05) is 41.0 Å². The largest absolute Gasteiger partial charge is 0.340 e. The van der Waals surface area contributed by atoms with E-state index in [4.69, 9.17) is 26.1 Å². The van der Waals surface area contributed by atoms with Crippen LogP contribution in [0.25, 0.3) is 23.1 Å². The zero-order chi connectivity index (χ0) is 30.6. The Labute approximate surface area is 269 Å². The highest BCUT2D eigenvalue weighted by atomic mass is 35.5. The van der Waals surface area contributed by atoms with E-state index < -0.39 is 6.29 Å². The second kappa shape index (κ2) is 13.4. The maximum atomic E-state index is 13.7. The number of amides is 1. The molecule has 2 saturated heterocycles. The van der Waals surface area contributed by atoms with Gasteiger partial charge in [-0.2, -0.15) is 0 Å². The standard InChI is InChI=1S/C39H35ClN2O3/c40-31-19-17-28-18-21-32(41-35(28)25-31)20-16-27-10-9-13-30(24-27)36-26-37(45-39(44-36)29-11-3-1-4-12-29)33-14-5-6-15-34(33)38(43)42-22-7-2-8-23-42/h1,3-6,9-21,24-25,36-37,39H,2,7-8,22-23,26H2/b20-16+/t36-,37-,39+/m0/s1. The number of carbonyl (C=O) groups is 1. The molecule has 5 aromatic rings. The summed E-state index contributed by atoms with van der Waals surface area (Å²) in [5, 5.41) is 1.72. The molecule has 0 radical (unpaired) electrons. The van der Waals surface area contributed by atoms with Crippen molar-refractivity contribution in [1.82, 2.24) is 9.88 Å². The lowest BCUT2D eigenvalue weighted by atomic mass is 9.92. The highest BCUT2D eigenvalue weighted by Gasteiger charge is 2.35. The van der Waals surface area contributed by atoms with Crippen LogP contribution in [-0.2, 0) is 9.47 Å². The molecule has 1 aromatic heterocycles. The molecule has 226 valence electrons. The van der Waals surface area contributed by atoms with Crippen molar-refractivity contribution in [2.24, 2.45) is 0 Å². The Balaban J connectivity index is 1.18. The van der Waals surface area contributed by atoms with Gasteiger partial charge in [-0.3, -0.25) is 4.79 Å². The fourth-order valence-corrected chi connectivity index (χ4v) is 6.47. The van der Waals surface area contributed by atoms with Crippen molar-refractivity contribution < 1.29 is 14.3 Å². The normalized spacial score (nSPS) is 20.5. The van der Waals surface area contributed by atoms with Crippen LogP contribution in [0.3, 0.4) is 0 Å². The van der Waals surface area contributed by atoms with Crippen LogP contribution >= 0.6 is 11.6 Å². The van der Waals surface area contributed by atoms with Crippen LogP contribution in [0.1, 0.15) is 82.5 Å². The van der Waals surface area contributed by atoms with Crippen LogP contribution in [0.4, 0.5) is 0 Å². The van der Waals surface area contributed by atoms with E-state index in [2.05, 4.69) is 36.4 Å². The number of benzene rings is 4. The lowest BCUT2D eigenvalue weighted by molar-refractivity contribution is -0.253. The zero-order valence-corrected chi connectivity index (χ0v) is 25.8. The Bertz CT molecular complexity index is 1830. The molecule has 2 aliphatic heterocycles. The molecule has 7 rings (SSSR count). The summed E-state index contributed by atoms with van der Waals surface area (Å²) >= 11 is 6.20. The number of hydrogen-bond acceptors (Lipinski definition) is 4. The summed E-state index contributed by atoms with van der Waals surface area (Å²) in [5.41, 5.74) is 6.42. The number of carbonyl (C=O) groups excluding carboxylic acids is 1. The summed E-state index contributed by atoms with van der Waals surface area (Å²) in [5.74, 6) is 0.0879. The average molecular weight is 615 g/mol. The molecule has 3 atom stereocenters. The lowest BCUT2D eigenvalue weighted by Crippen LogP contribution is -2.36. The van der Waals surface area contributed by atoms with Crippen molar-refractivity contribution in [2.75, 3.05) is 13.1 Å². The maximum Gasteiger partial charge on any atom is 0.254 e. The minimum Gasteiger partial charge on any atom is -0.340 e. The number of ether oxygens (including phenoxy) is 2. The van der Waals surface area contributed by atoms with Crippen LogP contribution in [0.15, 0.2) is 109 Å². The Morgan fingerprint density at radius 2 is 1.51 bits per heavy atom. The molecule has 0 unspecified atom stereocenters. The van der Waals surface area contributed by atoms with E-state index >= 15 is 0 Å². The molecule has 4 aromatic carbocycles. The topological polar surface area (TPSA) is 51.7 Å². The van der Waals surface area contributed by atoms with E-state index in [0.717, 1.165) is 70.3 Å². The van der Waals surface area contributed by atoms with Gasteiger partial charge < -0.3 is 14.4 Å². The number of rotatable bonds is 6. The molecule has 1 amide bonds. The molecule has 0 aliphatic carbocycles. The fourth-order valence-electron chi connectivity index (χ4n) is 6.30. The molecular weight excluding hydrogens is 580 g/mol. The molecule has 0 bridgehead atoms. The van der Waals surface area contributed by atoms with Gasteiger partial charge in [0.05, 0.1) is 23.4 Å². The quantitative estimate of drug-likeness (QED) is 0.191. The average Bonchev–Trinajstić information content (AvgIpc) is 3.11. The van der Waals surface area contributed by atoms with Crippen molar-refractivity contribution >= 4 is 40.6 Å². The van der Waals surface area contributed by atoms with E-state index in [-0.39, 0.29) is 18.1 Å². The number of likely N-dealkylation sites (tertiary alicyclic amines) is 1. The third-order valence-corrected chi connectivity index (χ3v) is 8.90. The van der Waals surface area contributed by atoms with Crippen molar-refractivity contribution in [3.63, 3.8) is 0 Å². The van der Waals surface area contributed by atoms with Crippen LogP contribution < -0.4 is 0 Å². The van der Waals surface area contributed by atoms with Gasteiger partial charge in [0.15, 0.2) is 6.29 Å². The van der Waals surface area contributed by atoms with Crippen molar-refractivity contribution in [1.29, 1.82) is 0 Å². The molecule has 0 N–H and O–H groups in total. The molecule has 45 heavy (non-hydrogen) atoms. The van der Waals surface area contributed by atoms with Gasteiger partial charge in [0.2, 0.25) is 0 Å². The van der Waals surface area contributed by atoms with Gasteiger partial charge in [-0.1, -0.05) is 96.5 Å². The number of pyridine rings is 1. The predicted molar refractivity (Wildman–Crippen MR) is 180 cm³/mol. The van der Waals surface area contributed by atoms with Crippen molar-refractivity contribution in [3.8, 4) is 0 Å². The summed E-state index contributed by atoms with van der Waals surface area (Å²) in [6.45, 7) is 1.61. The minimum absolute atomic E-state index is 0.0879. The van der Waals surface area contributed by atoms with Gasteiger partial charge in [-0.15, -0.1) is 0 Å². The van der Waals surface area contributed by atoms with Gasteiger partial charge in [-0.25, -0.2) is 4.98 Å². The number of halogens is 1. The SMILES string of the molecule is O=C(c1ccccc1[C@@H]1C[C@@H](c2cccc(/C=C/c3ccc4ccc(Cl)cc4n3)c2)O[C@@H](c2ccccc2)O1)N1CCCCC1. The van der Waals surface area contributed by atoms with Gasteiger partial charge in [0.1, 0.15) is 0 Å². The molecule has 2 aliphatic rings. The molecule has 2 fully saturated rings. The van der Waals surface area contributed by atoms with Crippen molar-refractivity contribution in [3.05, 3.63) is 148 Å². The highest BCUT2D eigenvalue weighted by Crippen LogP contribution is 2.45. The van der Waals surface area contributed by atoms with Crippen LogP contribution in [0.2, 0.25) is 5.02 Å². The first kappa shape index (κ1) is 29.4. The highest BCUT2D eigenvalue weighted by molar-refractivity contribution is 6.31. The smallest absolute Gasteiger partial charge is 0.254 e. The lowest BCUT2D eigenvalue weighted by Gasteiger charge is -2.37. The Morgan fingerprint density at radius 3 is 2.38 bits per heavy atom. The molecule has 6 heteroatoms. The second-order valence-corrected chi connectivity index (χ2v) is 12.2. The first-order valence-electron chi connectivity index (χ1n) is 15.7. The summed E-state index contributed by atoms with van der Waals surface area (Å²) in [4.78, 5) is 20.5. The number of hydrogen-bond donors (Lipinski definition) is 0. The van der Waals surface area contributed by atoms with Crippen LogP contribution in [0.5, 0.6) is 0 Å². The summed E-state index contributed by atoms with van der Waals surface area (Å²) < 4.78 is 13.3.